The van der Waals surface area contributed by atoms with Crippen molar-refractivity contribution in [2.75, 3.05) is 16.8 Å². The first-order valence-electron chi connectivity index (χ1n) is 10.1. The highest BCUT2D eigenvalue weighted by atomic mass is 19.4. The predicted molar refractivity (Wildman–Crippen MR) is 114 cm³/mol. The lowest BCUT2D eigenvalue weighted by molar-refractivity contribution is -0.134. The van der Waals surface area contributed by atoms with Gasteiger partial charge in [0.25, 0.3) is 11.8 Å². The number of halogens is 3. The number of rotatable bonds is 5. The lowest BCUT2D eigenvalue weighted by Crippen LogP contribution is -2.41. The fourth-order valence-electron chi connectivity index (χ4n) is 3.61. The summed E-state index contributed by atoms with van der Waals surface area (Å²) in [6.07, 6.45) is -3.96. The van der Waals surface area contributed by atoms with Crippen LogP contribution >= 0.6 is 0 Å². The number of hydrogen-bond acceptors (Lipinski definition) is 4. The third-order valence-corrected chi connectivity index (χ3v) is 5.26. The van der Waals surface area contributed by atoms with Gasteiger partial charge in [-0.15, -0.1) is 0 Å². The van der Waals surface area contributed by atoms with Crippen molar-refractivity contribution in [3.8, 4) is 6.07 Å². The molecule has 0 saturated heterocycles. The van der Waals surface area contributed by atoms with Gasteiger partial charge < -0.3 is 10.2 Å². The maximum atomic E-state index is 13.2. The van der Waals surface area contributed by atoms with Gasteiger partial charge in [-0.1, -0.05) is 18.2 Å². The Hall–Kier alpha value is -4.13. The van der Waals surface area contributed by atoms with Gasteiger partial charge in [-0.3, -0.25) is 14.3 Å². The van der Waals surface area contributed by atoms with Crippen molar-refractivity contribution in [2.24, 2.45) is 0 Å². The molecule has 3 aromatic rings. The zero-order valence-corrected chi connectivity index (χ0v) is 17.3. The van der Waals surface area contributed by atoms with Crippen molar-refractivity contribution < 1.29 is 22.8 Å². The summed E-state index contributed by atoms with van der Waals surface area (Å²) < 4.78 is 38.8. The molecule has 33 heavy (non-hydrogen) atoms. The highest BCUT2D eigenvalue weighted by Crippen LogP contribution is 2.26. The van der Waals surface area contributed by atoms with Crippen molar-refractivity contribution in [3.63, 3.8) is 0 Å². The van der Waals surface area contributed by atoms with Crippen LogP contribution in [0.1, 0.15) is 38.4 Å². The highest BCUT2D eigenvalue weighted by molar-refractivity contribution is 6.15. The first-order valence-corrected chi connectivity index (χ1v) is 10.1. The van der Waals surface area contributed by atoms with Crippen LogP contribution in [0, 0.1) is 11.3 Å². The molecule has 0 aliphatic carbocycles. The molecule has 2 aromatic carbocycles. The molecule has 1 N–H and O–H groups in total. The number of anilines is 2. The number of benzene rings is 2. The maximum Gasteiger partial charge on any atom is 0.389 e. The molecule has 0 atom stereocenters. The van der Waals surface area contributed by atoms with Gasteiger partial charge in [-0.25, -0.2) is 0 Å². The van der Waals surface area contributed by atoms with E-state index < -0.39 is 24.4 Å². The molecule has 0 unspecified atom stereocenters. The molecule has 2 amide bonds. The fourth-order valence-corrected chi connectivity index (χ4v) is 3.61. The molecule has 1 aliphatic heterocycles. The molecule has 0 saturated carbocycles. The van der Waals surface area contributed by atoms with Gasteiger partial charge in [0, 0.05) is 24.3 Å². The molecule has 168 valence electrons. The minimum Gasteiger partial charge on any atom is -0.322 e. The number of nitriles is 1. The molecule has 0 bridgehead atoms. The van der Waals surface area contributed by atoms with E-state index in [1.165, 1.54) is 21.8 Å². The summed E-state index contributed by atoms with van der Waals surface area (Å²) in [5.74, 6) is -0.971. The number of aryl methyl sites for hydroxylation is 1. The summed E-state index contributed by atoms with van der Waals surface area (Å²) in [5, 5.41) is 15.8. The standard InChI is InChI=1S/C23H18F3N5O2/c24-23(25,26)9-8-15-4-6-18(7-5-15)30-10-11-31-20(22(30)33)19(14-28-31)21(32)29-17-3-1-2-16(12-17)13-27/h1-7,12,14H,8-11H2,(H,29,32). The smallest absolute Gasteiger partial charge is 0.322 e. The van der Waals surface area contributed by atoms with Crippen LogP contribution in [-0.2, 0) is 13.0 Å². The number of hydrogen-bond donors (Lipinski definition) is 1. The second kappa shape index (κ2) is 8.78. The number of amides is 2. The average Bonchev–Trinajstić information content (AvgIpc) is 3.23. The first kappa shape index (κ1) is 22.1. The van der Waals surface area contributed by atoms with E-state index in [-0.39, 0.29) is 17.7 Å². The zero-order valence-electron chi connectivity index (χ0n) is 17.3. The van der Waals surface area contributed by atoms with E-state index >= 15 is 0 Å². The number of carbonyl (C=O) groups is 2. The quantitative estimate of drug-likeness (QED) is 0.628. The topological polar surface area (TPSA) is 91.0 Å². The zero-order chi connectivity index (χ0) is 23.6. The van der Waals surface area contributed by atoms with Gasteiger partial charge in [0.1, 0.15) is 5.69 Å². The molecule has 7 nitrogen and oxygen atoms in total. The molecular formula is C23H18F3N5O2. The maximum absolute atomic E-state index is 13.2. The van der Waals surface area contributed by atoms with Gasteiger partial charge >= 0.3 is 6.18 Å². The molecule has 2 heterocycles. The van der Waals surface area contributed by atoms with Crippen molar-refractivity contribution in [1.82, 2.24) is 9.78 Å². The Balaban J connectivity index is 1.52. The molecule has 4 rings (SSSR count). The van der Waals surface area contributed by atoms with E-state index in [1.807, 2.05) is 6.07 Å². The minimum absolute atomic E-state index is 0.0915. The van der Waals surface area contributed by atoms with Crippen LogP contribution in [-0.4, -0.2) is 34.3 Å². The molecule has 0 spiro atoms. The predicted octanol–water partition coefficient (Wildman–Crippen LogP) is 4.16. The number of aromatic nitrogens is 2. The molecule has 1 aromatic heterocycles. The Morgan fingerprint density at radius 3 is 2.61 bits per heavy atom. The second-order valence-corrected chi connectivity index (χ2v) is 7.52. The van der Waals surface area contributed by atoms with Gasteiger partial charge in [0.15, 0.2) is 0 Å². The SMILES string of the molecule is N#Cc1cccc(NC(=O)c2cnn3c2C(=O)N(c2ccc(CCC(F)(F)F)cc2)CC3)c1. The molecule has 10 heteroatoms. The first-order chi connectivity index (χ1) is 15.7. The summed E-state index contributed by atoms with van der Waals surface area (Å²) >= 11 is 0. The molecule has 1 aliphatic rings. The number of alkyl halides is 3. The lowest BCUT2D eigenvalue weighted by atomic mass is 10.1. The number of nitrogens with zero attached hydrogens (tertiary/aromatic N) is 4. The third kappa shape index (κ3) is 4.87. The van der Waals surface area contributed by atoms with Crippen LogP contribution in [0.5, 0.6) is 0 Å². The number of nitrogens with one attached hydrogen (secondary N) is 1. The number of carbonyl (C=O) groups excluding carboxylic acids is 2. The van der Waals surface area contributed by atoms with Crippen LogP contribution in [0.3, 0.4) is 0 Å². The van der Waals surface area contributed by atoms with Crippen molar-refractivity contribution >= 4 is 23.2 Å². The third-order valence-electron chi connectivity index (χ3n) is 5.26. The molecular weight excluding hydrogens is 435 g/mol. The summed E-state index contributed by atoms with van der Waals surface area (Å²) in [6.45, 7) is 0.661. The second-order valence-electron chi connectivity index (χ2n) is 7.52. The van der Waals surface area contributed by atoms with E-state index in [4.69, 9.17) is 5.26 Å². The monoisotopic (exact) mass is 453 g/mol. The van der Waals surface area contributed by atoms with Gasteiger partial charge in [-0.2, -0.15) is 23.5 Å². The highest BCUT2D eigenvalue weighted by Gasteiger charge is 2.32. The minimum atomic E-state index is -4.23. The average molecular weight is 453 g/mol. The summed E-state index contributed by atoms with van der Waals surface area (Å²) in [6, 6.07) is 14.7. The number of fused-ring (bicyclic) bond motifs is 1. The van der Waals surface area contributed by atoms with Crippen molar-refractivity contribution in [1.29, 1.82) is 5.26 Å². The van der Waals surface area contributed by atoms with Crippen LogP contribution in [0.4, 0.5) is 24.5 Å². The Labute approximate surface area is 187 Å². The van der Waals surface area contributed by atoms with Crippen LogP contribution in [0.25, 0.3) is 0 Å². The summed E-state index contributed by atoms with van der Waals surface area (Å²) in [7, 11) is 0. The van der Waals surface area contributed by atoms with Gasteiger partial charge in [-0.05, 0) is 42.3 Å². The Kier molecular flexibility index (Phi) is 5.87. The lowest BCUT2D eigenvalue weighted by Gasteiger charge is -2.28. The van der Waals surface area contributed by atoms with E-state index in [9.17, 15) is 22.8 Å². The normalized spacial score (nSPS) is 13.4. The van der Waals surface area contributed by atoms with Crippen molar-refractivity contribution in [2.45, 2.75) is 25.6 Å². The summed E-state index contributed by atoms with van der Waals surface area (Å²) in [4.78, 5) is 27.5. The Morgan fingerprint density at radius 1 is 1.15 bits per heavy atom. The van der Waals surface area contributed by atoms with Crippen LogP contribution < -0.4 is 10.2 Å². The van der Waals surface area contributed by atoms with E-state index in [0.29, 0.717) is 35.6 Å². The molecule has 0 fully saturated rings. The Morgan fingerprint density at radius 2 is 1.91 bits per heavy atom. The van der Waals surface area contributed by atoms with Crippen LogP contribution in [0.2, 0.25) is 0 Å². The molecule has 0 radical (unpaired) electrons. The fraction of sp³-hybridized carbons (Fsp3) is 0.217. The van der Waals surface area contributed by atoms with E-state index in [1.54, 1.807) is 42.5 Å². The van der Waals surface area contributed by atoms with Gasteiger partial charge in [0.2, 0.25) is 0 Å². The van der Waals surface area contributed by atoms with Crippen molar-refractivity contribution in [3.05, 3.63) is 77.1 Å². The summed E-state index contributed by atoms with van der Waals surface area (Å²) in [5.41, 5.74) is 2.05. The van der Waals surface area contributed by atoms with Crippen LogP contribution in [0.15, 0.2) is 54.7 Å². The van der Waals surface area contributed by atoms with E-state index in [2.05, 4.69) is 10.4 Å². The largest absolute Gasteiger partial charge is 0.389 e. The Bertz CT molecular complexity index is 1240. The van der Waals surface area contributed by atoms with Gasteiger partial charge in [0.05, 0.1) is 29.9 Å². The van der Waals surface area contributed by atoms with E-state index in [0.717, 1.165) is 0 Å².